The van der Waals surface area contributed by atoms with Crippen LogP contribution in [0.5, 0.6) is 0 Å². The van der Waals surface area contributed by atoms with Crippen molar-refractivity contribution in [2.45, 2.75) is 76.0 Å². The second-order valence-electron chi connectivity index (χ2n) is 8.28. The van der Waals surface area contributed by atoms with Crippen molar-refractivity contribution in [1.82, 2.24) is 14.9 Å². The van der Waals surface area contributed by atoms with Gasteiger partial charge in [-0.05, 0) is 64.4 Å². The molecule has 2 aliphatic carbocycles. The molecule has 4 rings (SSSR count). The van der Waals surface area contributed by atoms with Gasteiger partial charge in [0.1, 0.15) is 5.82 Å². The Morgan fingerprint density at radius 2 is 2.15 bits per heavy atom. The van der Waals surface area contributed by atoms with E-state index in [1.165, 1.54) is 6.42 Å². The molecule has 2 heterocycles. The van der Waals surface area contributed by atoms with E-state index in [0.29, 0.717) is 18.6 Å². The van der Waals surface area contributed by atoms with Crippen LogP contribution >= 0.6 is 0 Å². The molecule has 1 aliphatic heterocycles. The van der Waals surface area contributed by atoms with Gasteiger partial charge in [0.2, 0.25) is 0 Å². The molecule has 26 heavy (non-hydrogen) atoms. The zero-order valence-electron chi connectivity index (χ0n) is 15.8. The maximum absolute atomic E-state index is 12.2. The van der Waals surface area contributed by atoms with Crippen molar-refractivity contribution in [3.63, 3.8) is 0 Å². The molecule has 3 aliphatic rings. The second kappa shape index (κ2) is 7.14. The van der Waals surface area contributed by atoms with Gasteiger partial charge in [-0.1, -0.05) is 0 Å². The minimum Gasteiger partial charge on any atom is -0.447 e. The molecule has 0 spiro atoms. The van der Waals surface area contributed by atoms with Crippen LogP contribution in [0.25, 0.3) is 0 Å². The standard InChI is InChI=1S/C20H29N3O3/c1-14(2)26-19(24)23-10-3-5-16(23)13-25-17-6-7-20(12-15(20)11-17)18-21-8-4-9-22-18/h4,8-9,14-17H,3,5-7,10-13H2,1-2H3/t15-,16?,17+,20-/m0/s1. The number of ether oxygens (including phenoxy) is 2. The molecule has 3 fully saturated rings. The molecule has 2 saturated carbocycles. The highest BCUT2D eigenvalue weighted by Gasteiger charge is 2.59. The minimum atomic E-state index is -0.197. The van der Waals surface area contributed by atoms with E-state index in [4.69, 9.17) is 9.47 Å². The van der Waals surface area contributed by atoms with Crippen molar-refractivity contribution in [1.29, 1.82) is 0 Å². The number of carbonyl (C=O) groups is 1. The van der Waals surface area contributed by atoms with Crippen LogP contribution in [0.15, 0.2) is 18.5 Å². The molecule has 0 radical (unpaired) electrons. The molecular weight excluding hydrogens is 330 g/mol. The fourth-order valence-corrected chi connectivity index (χ4v) is 4.71. The Bertz CT molecular complexity index is 638. The Kier molecular flexibility index (Phi) is 4.86. The zero-order valence-corrected chi connectivity index (χ0v) is 15.8. The highest BCUT2D eigenvalue weighted by Crippen LogP contribution is 2.61. The summed E-state index contributed by atoms with van der Waals surface area (Å²) in [7, 11) is 0. The Morgan fingerprint density at radius 3 is 2.88 bits per heavy atom. The number of aromatic nitrogens is 2. The molecule has 0 aromatic carbocycles. The summed E-state index contributed by atoms with van der Waals surface area (Å²) in [5.74, 6) is 1.66. The molecule has 6 heteroatoms. The first-order chi connectivity index (χ1) is 12.6. The van der Waals surface area contributed by atoms with Crippen LogP contribution in [-0.4, -0.2) is 52.4 Å². The lowest BCUT2D eigenvalue weighted by atomic mass is 9.86. The zero-order chi connectivity index (χ0) is 18.1. The average molecular weight is 359 g/mol. The summed E-state index contributed by atoms with van der Waals surface area (Å²) in [4.78, 5) is 23.0. The fraction of sp³-hybridized carbons (Fsp3) is 0.750. The van der Waals surface area contributed by atoms with Gasteiger partial charge in [0, 0.05) is 24.4 Å². The molecule has 6 nitrogen and oxygen atoms in total. The lowest BCUT2D eigenvalue weighted by Gasteiger charge is -2.30. The number of amides is 1. The topological polar surface area (TPSA) is 64.5 Å². The number of hydrogen-bond acceptors (Lipinski definition) is 5. The van der Waals surface area contributed by atoms with Gasteiger partial charge in [-0.15, -0.1) is 0 Å². The summed E-state index contributed by atoms with van der Waals surface area (Å²) in [6.07, 6.45) is 10.2. The van der Waals surface area contributed by atoms with Crippen LogP contribution in [0, 0.1) is 5.92 Å². The summed E-state index contributed by atoms with van der Waals surface area (Å²) in [6.45, 7) is 5.18. The normalized spacial score (nSPS) is 33.2. The van der Waals surface area contributed by atoms with Crippen LogP contribution in [0.1, 0.15) is 58.2 Å². The highest BCUT2D eigenvalue weighted by atomic mass is 16.6. The monoisotopic (exact) mass is 359 g/mol. The SMILES string of the molecule is CC(C)OC(=O)N1CCCC1CO[C@@H]1CC[C@]2(c3ncccn3)C[C@@H]2C1. The van der Waals surface area contributed by atoms with E-state index in [2.05, 4.69) is 9.97 Å². The Labute approximate surface area is 155 Å². The number of fused-ring (bicyclic) bond motifs is 1. The summed E-state index contributed by atoms with van der Waals surface area (Å²) < 4.78 is 11.6. The molecule has 0 N–H and O–H groups in total. The lowest BCUT2D eigenvalue weighted by Crippen LogP contribution is -2.40. The molecule has 4 atom stereocenters. The Morgan fingerprint density at radius 1 is 1.35 bits per heavy atom. The first kappa shape index (κ1) is 17.7. The van der Waals surface area contributed by atoms with Gasteiger partial charge in [0.15, 0.2) is 0 Å². The largest absolute Gasteiger partial charge is 0.447 e. The Balaban J connectivity index is 1.27. The van der Waals surface area contributed by atoms with Gasteiger partial charge in [0.25, 0.3) is 0 Å². The van der Waals surface area contributed by atoms with Gasteiger partial charge in [-0.2, -0.15) is 0 Å². The van der Waals surface area contributed by atoms with Gasteiger partial charge in [-0.3, -0.25) is 0 Å². The number of rotatable bonds is 5. The molecule has 1 saturated heterocycles. The quantitative estimate of drug-likeness (QED) is 0.807. The van der Waals surface area contributed by atoms with Gasteiger partial charge in [-0.25, -0.2) is 14.8 Å². The van der Waals surface area contributed by atoms with Crippen LogP contribution in [-0.2, 0) is 14.9 Å². The first-order valence-corrected chi connectivity index (χ1v) is 9.95. The van der Waals surface area contributed by atoms with Crippen molar-refractivity contribution in [3.05, 3.63) is 24.3 Å². The number of carbonyl (C=O) groups excluding carboxylic acids is 1. The van der Waals surface area contributed by atoms with Crippen LogP contribution in [0.4, 0.5) is 4.79 Å². The van der Waals surface area contributed by atoms with Crippen LogP contribution in [0.2, 0.25) is 0 Å². The van der Waals surface area contributed by atoms with Crippen molar-refractivity contribution < 1.29 is 14.3 Å². The lowest BCUT2D eigenvalue weighted by molar-refractivity contribution is -0.00800. The molecule has 1 aromatic rings. The number of likely N-dealkylation sites (tertiary alicyclic amines) is 1. The molecule has 1 aromatic heterocycles. The van der Waals surface area contributed by atoms with Crippen LogP contribution < -0.4 is 0 Å². The number of nitrogens with zero attached hydrogens (tertiary/aromatic N) is 3. The Hall–Kier alpha value is -1.69. The molecule has 1 unspecified atom stereocenters. The van der Waals surface area contributed by atoms with Gasteiger partial charge >= 0.3 is 6.09 Å². The van der Waals surface area contributed by atoms with Gasteiger partial charge < -0.3 is 14.4 Å². The molecule has 1 amide bonds. The predicted octanol–water partition coefficient (Wildman–Crippen LogP) is 3.31. The molecular formula is C20H29N3O3. The number of hydrogen-bond donors (Lipinski definition) is 0. The van der Waals surface area contributed by atoms with Crippen molar-refractivity contribution in [2.75, 3.05) is 13.2 Å². The van der Waals surface area contributed by atoms with Gasteiger partial charge in [0.05, 0.1) is 24.9 Å². The summed E-state index contributed by atoms with van der Waals surface area (Å²) in [6, 6.07) is 2.04. The van der Waals surface area contributed by atoms with Crippen molar-refractivity contribution in [3.8, 4) is 0 Å². The van der Waals surface area contributed by atoms with Crippen molar-refractivity contribution in [2.24, 2.45) is 5.92 Å². The summed E-state index contributed by atoms with van der Waals surface area (Å²) >= 11 is 0. The van der Waals surface area contributed by atoms with E-state index in [0.717, 1.165) is 44.5 Å². The van der Waals surface area contributed by atoms with E-state index in [1.807, 2.05) is 37.2 Å². The smallest absolute Gasteiger partial charge is 0.410 e. The minimum absolute atomic E-state index is 0.0776. The fourth-order valence-electron chi connectivity index (χ4n) is 4.71. The van der Waals surface area contributed by atoms with E-state index in [9.17, 15) is 4.79 Å². The van der Waals surface area contributed by atoms with Crippen LogP contribution in [0.3, 0.4) is 0 Å². The third-order valence-corrected chi connectivity index (χ3v) is 6.18. The maximum atomic E-state index is 12.2. The first-order valence-electron chi connectivity index (χ1n) is 9.95. The predicted molar refractivity (Wildman–Crippen MR) is 96.8 cm³/mol. The average Bonchev–Trinajstić information content (AvgIpc) is 3.18. The molecule has 0 bridgehead atoms. The second-order valence-corrected chi connectivity index (χ2v) is 8.28. The molecule has 142 valence electrons. The summed E-state index contributed by atoms with van der Waals surface area (Å²) in [5, 5.41) is 0. The van der Waals surface area contributed by atoms with E-state index in [-0.39, 0.29) is 23.7 Å². The van der Waals surface area contributed by atoms with E-state index >= 15 is 0 Å². The van der Waals surface area contributed by atoms with Crippen molar-refractivity contribution >= 4 is 6.09 Å². The maximum Gasteiger partial charge on any atom is 0.410 e. The highest BCUT2D eigenvalue weighted by molar-refractivity contribution is 5.68. The third kappa shape index (κ3) is 3.43. The summed E-state index contributed by atoms with van der Waals surface area (Å²) in [5.41, 5.74) is 0.210. The third-order valence-electron chi connectivity index (χ3n) is 6.18. The van der Waals surface area contributed by atoms with E-state index in [1.54, 1.807) is 0 Å². The van der Waals surface area contributed by atoms with E-state index < -0.39 is 0 Å².